The van der Waals surface area contributed by atoms with Gasteiger partial charge in [0, 0.05) is 25.7 Å². The molecule has 1 atom stereocenters. The van der Waals surface area contributed by atoms with Gasteiger partial charge in [-0.15, -0.1) is 0 Å². The van der Waals surface area contributed by atoms with Crippen molar-refractivity contribution in [3.05, 3.63) is 17.8 Å². The van der Waals surface area contributed by atoms with Crippen LogP contribution in [0.15, 0.2) is 12.3 Å². The van der Waals surface area contributed by atoms with Crippen LogP contribution in [-0.2, 0) is 0 Å². The van der Waals surface area contributed by atoms with Crippen LogP contribution in [0.1, 0.15) is 17.3 Å². The Morgan fingerprint density at radius 2 is 2.22 bits per heavy atom. The fourth-order valence-corrected chi connectivity index (χ4v) is 2.39. The number of aromatic nitrogens is 1. The van der Waals surface area contributed by atoms with Crippen molar-refractivity contribution >= 4 is 17.4 Å². The molecule has 0 bridgehead atoms. The van der Waals surface area contributed by atoms with Crippen molar-refractivity contribution in [3.63, 3.8) is 0 Å². The second-order valence-corrected chi connectivity index (χ2v) is 4.80. The van der Waals surface area contributed by atoms with Gasteiger partial charge in [-0.1, -0.05) is 0 Å². The van der Waals surface area contributed by atoms with E-state index in [4.69, 9.17) is 11.5 Å². The summed E-state index contributed by atoms with van der Waals surface area (Å²) in [5.74, 6) is -0.153. The molecular formula is C12H19N5O. The first-order valence-corrected chi connectivity index (χ1v) is 5.99. The Bertz CT molecular complexity index is 462. The van der Waals surface area contributed by atoms with Gasteiger partial charge in [0.15, 0.2) is 0 Å². The van der Waals surface area contributed by atoms with Gasteiger partial charge in [-0.05, 0) is 20.0 Å². The van der Waals surface area contributed by atoms with E-state index < -0.39 is 5.91 Å². The number of amides is 1. The van der Waals surface area contributed by atoms with Gasteiger partial charge < -0.3 is 21.3 Å². The van der Waals surface area contributed by atoms with E-state index in [-0.39, 0.29) is 0 Å². The van der Waals surface area contributed by atoms with E-state index >= 15 is 0 Å². The van der Waals surface area contributed by atoms with Crippen molar-refractivity contribution in [2.24, 2.45) is 5.73 Å². The average Bonchev–Trinajstić information content (AvgIpc) is 2.29. The quantitative estimate of drug-likeness (QED) is 0.764. The van der Waals surface area contributed by atoms with Crippen LogP contribution < -0.4 is 16.4 Å². The Hall–Kier alpha value is -1.82. The Balaban J connectivity index is 2.35. The molecule has 2 rings (SSSR count). The van der Waals surface area contributed by atoms with Crippen molar-refractivity contribution in [2.75, 3.05) is 37.3 Å². The molecule has 0 aliphatic carbocycles. The second-order valence-electron chi connectivity index (χ2n) is 4.80. The molecule has 1 unspecified atom stereocenters. The smallest absolute Gasteiger partial charge is 0.251 e. The van der Waals surface area contributed by atoms with Crippen LogP contribution in [0.2, 0.25) is 0 Å². The van der Waals surface area contributed by atoms with Crippen molar-refractivity contribution in [1.82, 2.24) is 9.88 Å². The zero-order chi connectivity index (χ0) is 13.3. The topological polar surface area (TPSA) is 88.5 Å². The molecule has 98 valence electrons. The number of anilines is 2. The number of nitrogens with zero attached hydrogens (tertiary/aromatic N) is 3. The minimum absolute atomic E-state index is 0.312. The zero-order valence-corrected chi connectivity index (χ0v) is 10.8. The Morgan fingerprint density at radius 1 is 1.50 bits per heavy atom. The van der Waals surface area contributed by atoms with Crippen molar-refractivity contribution in [2.45, 2.75) is 13.0 Å². The number of carbonyl (C=O) groups excluding carboxylic acids is 1. The van der Waals surface area contributed by atoms with E-state index in [9.17, 15) is 4.79 Å². The number of carbonyl (C=O) groups is 1. The Labute approximate surface area is 107 Å². The predicted octanol–water partition coefficient (Wildman–Crippen LogP) is -0.0970. The number of nitrogens with two attached hydrogens (primary N) is 2. The maximum Gasteiger partial charge on any atom is 0.251 e. The van der Waals surface area contributed by atoms with Crippen LogP contribution in [0, 0.1) is 0 Å². The van der Waals surface area contributed by atoms with Crippen LogP contribution in [-0.4, -0.2) is 48.5 Å². The lowest BCUT2D eigenvalue weighted by Gasteiger charge is -2.40. The summed E-state index contributed by atoms with van der Waals surface area (Å²) < 4.78 is 0. The molecule has 18 heavy (non-hydrogen) atoms. The highest BCUT2D eigenvalue weighted by Gasteiger charge is 2.25. The number of pyridine rings is 1. The van der Waals surface area contributed by atoms with E-state index in [1.165, 1.54) is 0 Å². The zero-order valence-electron chi connectivity index (χ0n) is 10.8. The number of likely N-dealkylation sites (N-methyl/N-ethyl adjacent to an activating group) is 1. The summed E-state index contributed by atoms with van der Waals surface area (Å²) in [7, 11) is 2.09. The number of hydrogen-bond donors (Lipinski definition) is 2. The molecule has 1 fully saturated rings. The monoisotopic (exact) mass is 249 g/mol. The minimum Gasteiger partial charge on any atom is -0.384 e. The van der Waals surface area contributed by atoms with Crippen molar-refractivity contribution in [1.29, 1.82) is 0 Å². The normalized spacial score (nSPS) is 21.0. The van der Waals surface area contributed by atoms with Crippen LogP contribution in [0.4, 0.5) is 11.5 Å². The lowest BCUT2D eigenvalue weighted by Crippen LogP contribution is -2.51. The molecule has 1 aliphatic heterocycles. The molecular weight excluding hydrogens is 230 g/mol. The maximum absolute atomic E-state index is 11.5. The molecule has 1 aromatic rings. The third-order valence-corrected chi connectivity index (χ3v) is 3.31. The number of nitrogen functional groups attached to an aromatic ring is 1. The van der Waals surface area contributed by atoms with Crippen LogP contribution in [0.3, 0.4) is 0 Å². The van der Waals surface area contributed by atoms with Gasteiger partial charge in [-0.25, -0.2) is 4.98 Å². The van der Waals surface area contributed by atoms with E-state index in [0.29, 0.717) is 17.4 Å². The Morgan fingerprint density at radius 3 is 2.83 bits per heavy atom. The third-order valence-electron chi connectivity index (χ3n) is 3.31. The molecule has 1 aliphatic rings. The van der Waals surface area contributed by atoms with E-state index in [1.54, 1.807) is 12.3 Å². The average molecular weight is 249 g/mol. The van der Waals surface area contributed by atoms with Crippen LogP contribution in [0.25, 0.3) is 0 Å². The van der Waals surface area contributed by atoms with E-state index in [2.05, 4.69) is 28.8 Å². The van der Waals surface area contributed by atoms with E-state index in [0.717, 1.165) is 25.3 Å². The number of primary amides is 1. The fourth-order valence-electron chi connectivity index (χ4n) is 2.39. The van der Waals surface area contributed by atoms with Gasteiger partial charge >= 0.3 is 0 Å². The molecule has 0 aromatic carbocycles. The summed E-state index contributed by atoms with van der Waals surface area (Å²) in [6.45, 7) is 4.87. The molecule has 4 N–H and O–H groups in total. The summed E-state index contributed by atoms with van der Waals surface area (Å²) in [5.41, 5.74) is 12.2. The number of hydrogen-bond acceptors (Lipinski definition) is 5. The molecule has 1 aromatic heterocycles. The van der Waals surface area contributed by atoms with Gasteiger partial charge in [0.2, 0.25) is 0 Å². The first-order valence-electron chi connectivity index (χ1n) is 5.99. The third kappa shape index (κ3) is 2.38. The lowest BCUT2D eigenvalue weighted by molar-refractivity contribution is 0.100. The van der Waals surface area contributed by atoms with Crippen LogP contribution in [0.5, 0.6) is 0 Å². The van der Waals surface area contributed by atoms with Crippen LogP contribution >= 0.6 is 0 Å². The molecule has 0 spiro atoms. The summed E-state index contributed by atoms with van der Waals surface area (Å²) in [6, 6.07) is 1.86. The van der Waals surface area contributed by atoms with Gasteiger partial charge in [0.05, 0.1) is 17.4 Å². The molecule has 6 heteroatoms. The van der Waals surface area contributed by atoms with Crippen molar-refractivity contribution in [3.8, 4) is 0 Å². The predicted molar refractivity (Wildman–Crippen MR) is 71.5 cm³/mol. The molecule has 6 nitrogen and oxygen atoms in total. The Kier molecular flexibility index (Phi) is 3.38. The number of rotatable bonds is 2. The maximum atomic E-state index is 11.5. The second kappa shape index (κ2) is 4.81. The lowest BCUT2D eigenvalue weighted by atomic mass is 10.1. The summed E-state index contributed by atoms with van der Waals surface area (Å²) in [4.78, 5) is 20.0. The first-order chi connectivity index (χ1) is 8.49. The van der Waals surface area contributed by atoms with Crippen molar-refractivity contribution < 1.29 is 4.79 Å². The number of piperazine rings is 1. The molecule has 1 amide bonds. The van der Waals surface area contributed by atoms with Gasteiger partial charge in [0.1, 0.15) is 5.82 Å². The first kappa shape index (κ1) is 12.6. The highest BCUT2D eigenvalue weighted by molar-refractivity contribution is 5.99. The molecule has 0 saturated carbocycles. The molecule has 0 radical (unpaired) electrons. The van der Waals surface area contributed by atoms with Gasteiger partial charge in [-0.2, -0.15) is 0 Å². The summed E-state index contributed by atoms with van der Waals surface area (Å²) in [5, 5.41) is 0. The molecule has 2 heterocycles. The largest absolute Gasteiger partial charge is 0.384 e. The van der Waals surface area contributed by atoms with E-state index in [1.807, 2.05) is 0 Å². The fraction of sp³-hybridized carbons (Fsp3) is 0.500. The summed E-state index contributed by atoms with van der Waals surface area (Å²) in [6.07, 6.45) is 1.64. The SMILES string of the molecule is CC1CN(C)CCN1c1cnc(N)cc1C(N)=O. The highest BCUT2D eigenvalue weighted by atomic mass is 16.1. The van der Waals surface area contributed by atoms with Gasteiger partial charge in [-0.3, -0.25) is 4.79 Å². The molecule has 1 saturated heterocycles. The van der Waals surface area contributed by atoms with Gasteiger partial charge in [0.25, 0.3) is 5.91 Å². The summed E-state index contributed by atoms with van der Waals surface area (Å²) >= 11 is 0. The minimum atomic E-state index is -0.467. The highest BCUT2D eigenvalue weighted by Crippen LogP contribution is 2.24. The standard InChI is InChI=1S/C12H19N5O/c1-8-7-16(2)3-4-17(8)10-6-15-11(13)5-9(10)12(14)18/h5-6,8H,3-4,7H2,1-2H3,(H2,13,15)(H2,14,18).